The standard InChI is InChI=1S/C23H18N4O3S3/c1-15-19(8-5-9-20(15)27(29)30)24-21(28)17-10-12-18(13-11-17)26-23(31)33-22(25-26)32-14-16-6-3-2-4-7-16/h2-13H,14H2,1H3,(H,24,28). The summed E-state index contributed by atoms with van der Waals surface area (Å²) < 4.78 is 3.17. The molecule has 0 bridgehead atoms. The highest BCUT2D eigenvalue weighted by Crippen LogP contribution is 2.28. The molecule has 4 rings (SSSR count). The van der Waals surface area contributed by atoms with E-state index in [1.807, 2.05) is 18.2 Å². The molecule has 10 heteroatoms. The number of nitrogens with one attached hydrogen (secondary N) is 1. The number of nitro benzene ring substituents is 1. The summed E-state index contributed by atoms with van der Waals surface area (Å²) >= 11 is 8.54. The van der Waals surface area contributed by atoms with Crippen molar-refractivity contribution in [3.05, 3.63) is 104 Å². The average Bonchev–Trinajstić information content (AvgIpc) is 3.20. The van der Waals surface area contributed by atoms with Crippen LogP contribution in [0.4, 0.5) is 11.4 Å². The first-order valence-corrected chi connectivity index (χ1v) is 12.1. The van der Waals surface area contributed by atoms with Crippen molar-refractivity contribution in [3.63, 3.8) is 0 Å². The molecule has 0 atom stereocenters. The Morgan fingerprint density at radius 2 is 1.85 bits per heavy atom. The Hall–Kier alpha value is -3.34. The minimum atomic E-state index is -0.469. The summed E-state index contributed by atoms with van der Waals surface area (Å²) in [5, 5.41) is 18.5. The van der Waals surface area contributed by atoms with E-state index in [1.54, 1.807) is 59.8 Å². The lowest BCUT2D eigenvalue weighted by molar-refractivity contribution is -0.385. The van der Waals surface area contributed by atoms with Crippen molar-refractivity contribution in [3.8, 4) is 5.69 Å². The van der Waals surface area contributed by atoms with Gasteiger partial charge in [-0.05, 0) is 55.0 Å². The summed E-state index contributed by atoms with van der Waals surface area (Å²) in [5.74, 6) is 0.449. The van der Waals surface area contributed by atoms with Crippen molar-refractivity contribution >= 4 is 52.6 Å². The maximum absolute atomic E-state index is 12.7. The second kappa shape index (κ2) is 10.1. The predicted molar refractivity (Wildman–Crippen MR) is 134 cm³/mol. The first-order valence-electron chi connectivity index (χ1n) is 9.85. The third kappa shape index (κ3) is 5.36. The van der Waals surface area contributed by atoms with Gasteiger partial charge in [-0.3, -0.25) is 14.9 Å². The largest absolute Gasteiger partial charge is 0.321 e. The van der Waals surface area contributed by atoms with Crippen molar-refractivity contribution in [1.29, 1.82) is 0 Å². The van der Waals surface area contributed by atoms with E-state index in [2.05, 4.69) is 22.5 Å². The number of hydrogen-bond acceptors (Lipinski definition) is 7. The number of anilines is 1. The zero-order valence-electron chi connectivity index (χ0n) is 17.4. The van der Waals surface area contributed by atoms with E-state index in [-0.39, 0.29) is 11.6 Å². The van der Waals surface area contributed by atoms with Gasteiger partial charge in [0.05, 0.1) is 21.9 Å². The van der Waals surface area contributed by atoms with Gasteiger partial charge in [0.1, 0.15) is 0 Å². The number of benzene rings is 3. The van der Waals surface area contributed by atoms with E-state index in [1.165, 1.54) is 23.0 Å². The van der Waals surface area contributed by atoms with Gasteiger partial charge >= 0.3 is 0 Å². The molecule has 1 amide bonds. The Bertz CT molecular complexity index is 1370. The van der Waals surface area contributed by atoms with Gasteiger partial charge in [-0.1, -0.05) is 59.5 Å². The van der Waals surface area contributed by atoms with E-state index < -0.39 is 4.92 Å². The molecule has 0 aliphatic carbocycles. The third-order valence-corrected chi connectivity index (χ3v) is 7.30. The van der Waals surface area contributed by atoms with Crippen molar-refractivity contribution < 1.29 is 9.72 Å². The Morgan fingerprint density at radius 1 is 1.12 bits per heavy atom. The monoisotopic (exact) mass is 494 g/mol. The molecule has 166 valence electrons. The Morgan fingerprint density at radius 3 is 2.55 bits per heavy atom. The second-order valence-electron chi connectivity index (χ2n) is 7.03. The summed E-state index contributed by atoms with van der Waals surface area (Å²) in [6.45, 7) is 1.61. The van der Waals surface area contributed by atoms with Crippen LogP contribution in [0.1, 0.15) is 21.5 Å². The van der Waals surface area contributed by atoms with Gasteiger partial charge in [-0.15, -0.1) is 5.10 Å². The van der Waals surface area contributed by atoms with Crippen molar-refractivity contribution in [2.24, 2.45) is 0 Å². The highest BCUT2D eigenvalue weighted by Gasteiger charge is 2.16. The number of hydrogen-bond donors (Lipinski definition) is 1. The molecule has 7 nitrogen and oxygen atoms in total. The van der Waals surface area contributed by atoms with Crippen molar-refractivity contribution in [1.82, 2.24) is 9.78 Å². The molecule has 1 aromatic heterocycles. The predicted octanol–water partition coefficient (Wildman–Crippen LogP) is 6.42. The van der Waals surface area contributed by atoms with Gasteiger partial charge in [-0.25, -0.2) is 4.68 Å². The molecule has 4 aromatic rings. The van der Waals surface area contributed by atoms with Crippen LogP contribution in [-0.4, -0.2) is 20.6 Å². The smallest absolute Gasteiger partial charge is 0.274 e. The molecule has 0 saturated heterocycles. The van der Waals surface area contributed by atoms with Crippen LogP contribution in [0.5, 0.6) is 0 Å². The quantitative estimate of drug-likeness (QED) is 0.138. The number of thioether (sulfide) groups is 1. The Kier molecular flexibility index (Phi) is 6.97. The molecular weight excluding hydrogens is 476 g/mol. The number of carbonyl (C=O) groups is 1. The van der Waals surface area contributed by atoms with Gasteiger partial charge in [-0.2, -0.15) is 0 Å². The first kappa shape index (κ1) is 22.8. The summed E-state index contributed by atoms with van der Waals surface area (Å²) in [7, 11) is 0. The van der Waals surface area contributed by atoms with Crippen LogP contribution in [0.15, 0.2) is 77.1 Å². The highest BCUT2D eigenvalue weighted by molar-refractivity contribution is 8.00. The fourth-order valence-electron chi connectivity index (χ4n) is 3.11. The molecule has 0 aliphatic heterocycles. The van der Waals surface area contributed by atoms with E-state index in [9.17, 15) is 14.9 Å². The van der Waals surface area contributed by atoms with E-state index in [0.29, 0.717) is 20.8 Å². The summed E-state index contributed by atoms with van der Waals surface area (Å²) in [5.41, 5.74) is 3.16. The second-order valence-corrected chi connectivity index (χ2v) is 9.87. The van der Waals surface area contributed by atoms with Crippen molar-refractivity contribution in [2.45, 2.75) is 17.0 Å². The van der Waals surface area contributed by atoms with Gasteiger partial charge in [0, 0.05) is 17.4 Å². The maximum Gasteiger partial charge on any atom is 0.274 e. The number of nitrogens with zero attached hydrogens (tertiary/aromatic N) is 3. The summed E-state index contributed by atoms with van der Waals surface area (Å²) in [6.07, 6.45) is 0. The van der Waals surface area contributed by atoms with Crippen LogP contribution in [0.2, 0.25) is 0 Å². The molecule has 1 heterocycles. The lowest BCUT2D eigenvalue weighted by Crippen LogP contribution is -2.13. The van der Waals surface area contributed by atoms with Crippen LogP contribution >= 0.6 is 35.3 Å². The molecule has 3 aromatic carbocycles. The molecule has 33 heavy (non-hydrogen) atoms. The third-order valence-electron chi connectivity index (χ3n) is 4.86. The van der Waals surface area contributed by atoms with Crippen LogP contribution in [0.3, 0.4) is 0 Å². The average molecular weight is 495 g/mol. The minimum absolute atomic E-state index is 0.0398. The van der Waals surface area contributed by atoms with Crippen LogP contribution in [0, 0.1) is 21.0 Å². The summed E-state index contributed by atoms with van der Waals surface area (Å²) in [6, 6.07) is 21.6. The number of aromatic nitrogens is 2. The summed E-state index contributed by atoms with van der Waals surface area (Å²) in [4.78, 5) is 23.3. The number of nitro groups is 1. The van der Waals surface area contributed by atoms with Gasteiger partial charge < -0.3 is 5.32 Å². The fraction of sp³-hybridized carbons (Fsp3) is 0.0870. The van der Waals surface area contributed by atoms with Gasteiger partial charge in [0.2, 0.25) is 0 Å². The lowest BCUT2D eigenvalue weighted by atomic mass is 10.1. The van der Waals surface area contributed by atoms with Crippen LogP contribution in [-0.2, 0) is 5.75 Å². The molecule has 0 saturated carbocycles. The van der Waals surface area contributed by atoms with E-state index in [4.69, 9.17) is 12.2 Å². The molecule has 0 aliphatic rings. The van der Waals surface area contributed by atoms with E-state index >= 15 is 0 Å². The minimum Gasteiger partial charge on any atom is -0.321 e. The van der Waals surface area contributed by atoms with Crippen LogP contribution in [0.25, 0.3) is 5.69 Å². The molecule has 0 radical (unpaired) electrons. The Balaban J connectivity index is 1.47. The Labute approximate surface area is 203 Å². The zero-order chi connectivity index (χ0) is 23.4. The number of carbonyl (C=O) groups excluding carboxylic acids is 1. The SMILES string of the molecule is Cc1c(NC(=O)c2ccc(-n3nc(SCc4ccccc4)sc3=S)cc2)cccc1[N+](=O)[O-]. The maximum atomic E-state index is 12.7. The van der Waals surface area contributed by atoms with Gasteiger partial charge in [0.15, 0.2) is 8.29 Å². The molecule has 0 fully saturated rings. The molecule has 0 spiro atoms. The molecular formula is C23H18N4O3S3. The first-order chi connectivity index (χ1) is 15.9. The highest BCUT2D eigenvalue weighted by atomic mass is 32.2. The van der Waals surface area contributed by atoms with Crippen LogP contribution < -0.4 is 5.32 Å². The van der Waals surface area contributed by atoms with E-state index in [0.717, 1.165) is 15.8 Å². The fourth-order valence-corrected chi connectivity index (χ4v) is 5.42. The number of amides is 1. The lowest BCUT2D eigenvalue weighted by Gasteiger charge is -2.09. The molecule has 0 unspecified atom stereocenters. The van der Waals surface area contributed by atoms with Gasteiger partial charge in [0.25, 0.3) is 11.6 Å². The molecule has 1 N–H and O–H groups in total. The number of rotatable bonds is 7. The normalized spacial score (nSPS) is 10.7. The van der Waals surface area contributed by atoms with Crippen molar-refractivity contribution in [2.75, 3.05) is 5.32 Å². The zero-order valence-corrected chi connectivity index (χ0v) is 19.9. The topological polar surface area (TPSA) is 90.1 Å².